The zero-order valence-electron chi connectivity index (χ0n) is 7.14. The lowest BCUT2D eigenvalue weighted by molar-refractivity contribution is -0.118. The molecule has 1 heterocycles. The Bertz CT molecular complexity index is 493. The third-order valence-electron chi connectivity index (χ3n) is 1.78. The second-order valence-corrected chi connectivity index (χ2v) is 3.76. The number of benzene rings is 1. The number of rotatable bonds is 2. The monoisotopic (exact) mass is 254 g/mol. The van der Waals surface area contributed by atoms with Gasteiger partial charge in [0.2, 0.25) is 5.91 Å². The van der Waals surface area contributed by atoms with Crippen LogP contribution in [-0.4, -0.2) is 20.9 Å². The van der Waals surface area contributed by atoms with Gasteiger partial charge in [0.25, 0.3) is 0 Å². The number of nitrogens with zero attached hydrogens (tertiary/aromatic N) is 3. The fourth-order valence-electron chi connectivity index (χ4n) is 1.21. The summed E-state index contributed by atoms with van der Waals surface area (Å²) in [5.41, 5.74) is 6.60. The molecule has 0 aliphatic carbocycles. The topological polar surface area (TPSA) is 73.8 Å². The summed E-state index contributed by atoms with van der Waals surface area (Å²) < 4.78 is 2.40. The molecule has 2 aromatic rings. The van der Waals surface area contributed by atoms with E-state index in [2.05, 4.69) is 26.2 Å². The number of halogens is 1. The summed E-state index contributed by atoms with van der Waals surface area (Å²) >= 11 is 3.32. The van der Waals surface area contributed by atoms with Crippen LogP contribution in [0.5, 0.6) is 0 Å². The van der Waals surface area contributed by atoms with Gasteiger partial charge >= 0.3 is 0 Å². The molecule has 0 fully saturated rings. The van der Waals surface area contributed by atoms with E-state index in [0.29, 0.717) is 0 Å². The first-order valence-corrected chi connectivity index (χ1v) is 4.73. The lowest BCUT2D eigenvalue weighted by Gasteiger charge is -1.97. The molecule has 1 aromatic carbocycles. The molecular weight excluding hydrogens is 248 g/mol. The van der Waals surface area contributed by atoms with Crippen molar-refractivity contribution in [1.29, 1.82) is 0 Å². The predicted molar refractivity (Wildman–Crippen MR) is 54.4 cm³/mol. The summed E-state index contributed by atoms with van der Waals surface area (Å²) in [6, 6.07) is 5.53. The van der Waals surface area contributed by atoms with Gasteiger partial charge in [-0.15, -0.1) is 5.10 Å². The summed E-state index contributed by atoms with van der Waals surface area (Å²) in [4.78, 5) is 10.7. The molecule has 0 aliphatic heterocycles. The van der Waals surface area contributed by atoms with Gasteiger partial charge in [-0.05, 0) is 18.2 Å². The highest BCUT2D eigenvalue weighted by atomic mass is 79.9. The largest absolute Gasteiger partial charge is 0.368 e. The number of carbonyl (C=O) groups is 1. The fourth-order valence-corrected chi connectivity index (χ4v) is 1.56. The Hall–Kier alpha value is -1.43. The van der Waals surface area contributed by atoms with Crippen LogP contribution in [0.1, 0.15) is 0 Å². The van der Waals surface area contributed by atoms with Gasteiger partial charge in [0.1, 0.15) is 12.1 Å². The van der Waals surface area contributed by atoms with Crippen LogP contribution in [0.15, 0.2) is 22.7 Å². The van der Waals surface area contributed by atoms with Crippen LogP contribution in [0.3, 0.4) is 0 Å². The number of hydrogen-bond donors (Lipinski definition) is 1. The highest BCUT2D eigenvalue weighted by Crippen LogP contribution is 2.17. The third-order valence-corrected chi connectivity index (χ3v) is 2.27. The van der Waals surface area contributed by atoms with Crippen molar-refractivity contribution in [3.8, 4) is 0 Å². The third kappa shape index (κ3) is 1.60. The lowest BCUT2D eigenvalue weighted by Crippen LogP contribution is -2.19. The quantitative estimate of drug-likeness (QED) is 0.857. The average molecular weight is 255 g/mol. The molecule has 0 aliphatic rings. The zero-order valence-corrected chi connectivity index (χ0v) is 8.73. The van der Waals surface area contributed by atoms with Gasteiger partial charge in [0.05, 0.1) is 5.52 Å². The van der Waals surface area contributed by atoms with Crippen molar-refractivity contribution in [1.82, 2.24) is 15.0 Å². The molecule has 5 nitrogen and oxygen atoms in total. The van der Waals surface area contributed by atoms with Crippen molar-refractivity contribution < 1.29 is 4.79 Å². The van der Waals surface area contributed by atoms with Crippen LogP contribution in [-0.2, 0) is 11.3 Å². The summed E-state index contributed by atoms with van der Waals surface area (Å²) in [5.74, 6) is -0.431. The van der Waals surface area contributed by atoms with Gasteiger partial charge in [-0.3, -0.25) is 4.79 Å². The Morgan fingerprint density at radius 1 is 1.57 bits per heavy atom. The first-order valence-electron chi connectivity index (χ1n) is 3.94. The first-order chi connectivity index (χ1) is 6.66. The van der Waals surface area contributed by atoms with E-state index in [0.717, 1.165) is 15.5 Å². The molecule has 14 heavy (non-hydrogen) atoms. The number of hydrogen-bond acceptors (Lipinski definition) is 3. The van der Waals surface area contributed by atoms with Gasteiger partial charge < -0.3 is 5.73 Å². The van der Waals surface area contributed by atoms with Crippen LogP contribution < -0.4 is 5.73 Å². The van der Waals surface area contributed by atoms with Gasteiger partial charge in [-0.1, -0.05) is 21.1 Å². The summed E-state index contributed by atoms with van der Waals surface area (Å²) in [7, 11) is 0. The van der Waals surface area contributed by atoms with Crippen molar-refractivity contribution in [2.45, 2.75) is 6.54 Å². The summed E-state index contributed by atoms with van der Waals surface area (Å²) in [5, 5.41) is 7.73. The van der Waals surface area contributed by atoms with Crippen molar-refractivity contribution in [2.24, 2.45) is 5.73 Å². The van der Waals surface area contributed by atoms with E-state index in [1.54, 1.807) is 0 Å². The maximum atomic E-state index is 10.7. The second-order valence-electron chi connectivity index (χ2n) is 2.85. The molecule has 0 spiro atoms. The fraction of sp³-hybridized carbons (Fsp3) is 0.125. The van der Waals surface area contributed by atoms with Crippen molar-refractivity contribution in [3.05, 3.63) is 22.7 Å². The molecule has 0 radical (unpaired) electrons. The van der Waals surface area contributed by atoms with Crippen LogP contribution in [0, 0.1) is 0 Å². The van der Waals surface area contributed by atoms with Crippen molar-refractivity contribution >= 4 is 32.9 Å². The second kappa shape index (κ2) is 3.38. The predicted octanol–water partition coefficient (Wildman–Crippen LogP) is 0.679. The van der Waals surface area contributed by atoms with E-state index in [1.165, 1.54) is 4.68 Å². The molecule has 1 amide bonds. The molecular formula is C8H7BrN4O. The standard InChI is InChI=1S/C8H7BrN4O/c9-5-1-2-7-6(3-5)11-12-13(7)4-8(10)14/h1-3H,4H2,(H2,10,14). The first kappa shape index (κ1) is 9.14. The van der Waals surface area contributed by atoms with E-state index < -0.39 is 5.91 Å². The molecule has 0 unspecified atom stereocenters. The Morgan fingerprint density at radius 3 is 3.07 bits per heavy atom. The molecule has 2 N–H and O–H groups in total. The van der Waals surface area contributed by atoms with E-state index in [9.17, 15) is 4.79 Å². The Kier molecular flexibility index (Phi) is 2.20. The minimum absolute atomic E-state index is 0.0537. The molecule has 72 valence electrons. The molecule has 0 bridgehead atoms. The van der Waals surface area contributed by atoms with Gasteiger partial charge in [0, 0.05) is 4.47 Å². The molecule has 6 heteroatoms. The van der Waals surface area contributed by atoms with Gasteiger partial charge in [0.15, 0.2) is 0 Å². The van der Waals surface area contributed by atoms with E-state index in [-0.39, 0.29) is 6.54 Å². The maximum absolute atomic E-state index is 10.7. The normalized spacial score (nSPS) is 10.6. The number of aromatic nitrogens is 3. The molecule has 2 rings (SSSR count). The molecule has 1 aromatic heterocycles. The SMILES string of the molecule is NC(=O)Cn1nnc2cc(Br)ccc21. The van der Waals surface area contributed by atoms with Crippen LogP contribution >= 0.6 is 15.9 Å². The Labute approximate surface area is 88.0 Å². The summed E-state index contributed by atoms with van der Waals surface area (Å²) in [6.07, 6.45) is 0. The van der Waals surface area contributed by atoms with E-state index in [1.807, 2.05) is 18.2 Å². The smallest absolute Gasteiger partial charge is 0.239 e. The maximum Gasteiger partial charge on any atom is 0.239 e. The summed E-state index contributed by atoms with van der Waals surface area (Å²) in [6.45, 7) is 0.0537. The number of amides is 1. The molecule has 0 saturated carbocycles. The van der Waals surface area contributed by atoms with Crippen LogP contribution in [0.25, 0.3) is 11.0 Å². The number of fused-ring (bicyclic) bond motifs is 1. The minimum atomic E-state index is -0.431. The highest BCUT2D eigenvalue weighted by molar-refractivity contribution is 9.10. The molecule has 0 atom stereocenters. The molecule has 0 saturated heterocycles. The van der Waals surface area contributed by atoms with E-state index in [4.69, 9.17) is 5.73 Å². The van der Waals surface area contributed by atoms with Gasteiger partial charge in [-0.25, -0.2) is 4.68 Å². The zero-order chi connectivity index (χ0) is 10.1. The Morgan fingerprint density at radius 2 is 2.36 bits per heavy atom. The average Bonchev–Trinajstić information content (AvgIpc) is 2.47. The van der Waals surface area contributed by atoms with Gasteiger partial charge in [-0.2, -0.15) is 0 Å². The number of carbonyl (C=O) groups excluding carboxylic acids is 1. The van der Waals surface area contributed by atoms with E-state index >= 15 is 0 Å². The van der Waals surface area contributed by atoms with Crippen LogP contribution in [0.2, 0.25) is 0 Å². The lowest BCUT2D eigenvalue weighted by atomic mass is 10.3. The van der Waals surface area contributed by atoms with Crippen molar-refractivity contribution in [3.63, 3.8) is 0 Å². The number of primary amides is 1. The number of nitrogens with two attached hydrogens (primary N) is 1. The minimum Gasteiger partial charge on any atom is -0.368 e. The Balaban J connectivity index is 2.52. The highest BCUT2D eigenvalue weighted by Gasteiger charge is 2.06. The van der Waals surface area contributed by atoms with Crippen molar-refractivity contribution in [2.75, 3.05) is 0 Å². The van der Waals surface area contributed by atoms with Crippen LogP contribution in [0.4, 0.5) is 0 Å².